The van der Waals surface area contributed by atoms with Crippen molar-refractivity contribution in [2.24, 2.45) is 11.7 Å². The minimum Gasteiger partial charge on any atom is -0.378 e. The molecule has 0 bridgehead atoms. The normalized spacial score (nSPS) is 28.2. The SMILES string of the molecule is COC1(CCCN2CC[C@](C)(c3cccc(C(N)=O)c3)[C@@H](C)C2)CCCCC1. The highest BCUT2D eigenvalue weighted by Crippen LogP contribution is 2.40. The molecular formula is C24H38N2O2. The van der Waals surface area contributed by atoms with Gasteiger partial charge in [0.05, 0.1) is 5.60 Å². The maximum absolute atomic E-state index is 11.6. The van der Waals surface area contributed by atoms with Crippen LogP contribution in [0.25, 0.3) is 0 Å². The number of nitrogens with two attached hydrogens (primary N) is 1. The van der Waals surface area contributed by atoms with Crippen LogP contribution < -0.4 is 5.73 Å². The molecular weight excluding hydrogens is 348 g/mol. The van der Waals surface area contributed by atoms with E-state index >= 15 is 0 Å². The third-order valence-electron chi connectivity index (χ3n) is 7.68. The van der Waals surface area contributed by atoms with E-state index in [0.29, 0.717) is 11.5 Å². The number of hydrogen-bond donors (Lipinski definition) is 1. The average Bonchev–Trinajstić information content (AvgIpc) is 2.71. The van der Waals surface area contributed by atoms with Crippen LogP contribution in [-0.4, -0.2) is 43.2 Å². The van der Waals surface area contributed by atoms with Crippen LogP contribution in [0.3, 0.4) is 0 Å². The largest absolute Gasteiger partial charge is 0.378 e. The molecule has 1 aromatic carbocycles. The van der Waals surface area contributed by atoms with Crippen molar-refractivity contribution in [3.8, 4) is 0 Å². The van der Waals surface area contributed by atoms with Crippen molar-refractivity contribution < 1.29 is 9.53 Å². The average molecular weight is 387 g/mol. The number of carbonyl (C=O) groups is 1. The Balaban J connectivity index is 1.56. The van der Waals surface area contributed by atoms with E-state index in [0.717, 1.165) is 26.1 Å². The fourth-order valence-corrected chi connectivity index (χ4v) is 5.35. The lowest BCUT2D eigenvalue weighted by atomic mass is 9.67. The van der Waals surface area contributed by atoms with Crippen molar-refractivity contribution in [1.82, 2.24) is 4.90 Å². The zero-order valence-electron chi connectivity index (χ0n) is 18.0. The fraction of sp³-hybridized carbons (Fsp3) is 0.708. The van der Waals surface area contributed by atoms with Gasteiger partial charge in [0.2, 0.25) is 5.91 Å². The molecule has 1 aliphatic carbocycles. The summed E-state index contributed by atoms with van der Waals surface area (Å²) in [6, 6.07) is 7.93. The number of ether oxygens (including phenoxy) is 1. The van der Waals surface area contributed by atoms with E-state index in [2.05, 4.69) is 24.8 Å². The van der Waals surface area contributed by atoms with E-state index in [9.17, 15) is 4.79 Å². The number of carbonyl (C=O) groups excluding carboxylic acids is 1. The minimum atomic E-state index is -0.342. The Morgan fingerprint density at radius 2 is 2.00 bits per heavy atom. The molecule has 0 aromatic heterocycles. The highest BCUT2D eigenvalue weighted by atomic mass is 16.5. The molecule has 3 rings (SSSR count). The van der Waals surface area contributed by atoms with Crippen LogP contribution in [0, 0.1) is 5.92 Å². The van der Waals surface area contributed by atoms with E-state index in [1.54, 1.807) is 0 Å². The van der Waals surface area contributed by atoms with Crippen LogP contribution in [-0.2, 0) is 10.2 Å². The van der Waals surface area contributed by atoms with E-state index in [1.165, 1.54) is 50.5 Å². The summed E-state index contributed by atoms with van der Waals surface area (Å²) < 4.78 is 5.95. The fourth-order valence-electron chi connectivity index (χ4n) is 5.35. The molecule has 156 valence electrons. The molecule has 0 radical (unpaired) electrons. The first-order chi connectivity index (χ1) is 13.4. The number of amides is 1. The van der Waals surface area contributed by atoms with E-state index in [4.69, 9.17) is 10.5 Å². The van der Waals surface area contributed by atoms with Crippen LogP contribution in [0.4, 0.5) is 0 Å². The van der Waals surface area contributed by atoms with Gasteiger partial charge in [0.25, 0.3) is 0 Å². The van der Waals surface area contributed by atoms with Gasteiger partial charge in [-0.25, -0.2) is 0 Å². The molecule has 2 atom stereocenters. The number of rotatable bonds is 7. The Morgan fingerprint density at radius 3 is 2.64 bits per heavy atom. The third kappa shape index (κ3) is 4.60. The van der Waals surface area contributed by atoms with Gasteiger partial charge in [-0.2, -0.15) is 0 Å². The molecule has 0 spiro atoms. The van der Waals surface area contributed by atoms with E-state index in [-0.39, 0.29) is 16.9 Å². The molecule has 28 heavy (non-hydrogen) atoms. The summed E-state index contributed by atoms with van der Waals surface area (Å²) in [5.74, 6) is 0.195. The van der Waals surface area contributed by atoms with Crippen LogP contribution >= 0.6 is 0 Å². The number of primary amides is 1. The van der Waals surface area contributed by atoms with Gasteiger partial charge in [-0.15, -0.1) is 0 Å². The first-order valence-electron chi connectivity index (χ1n) is 11.1. The Bertz CT molecular complexity index is 668. The third-order valence-corrected chi connectivity index (χ3v) is 7.68. The lowest BCUT2D eigenvalue weighted by Crippen LogP contribution is -2.47. The van der Waals surface area contributed by atoms with Gasteiger partial charge in [-0.3, -0.25) is 4.79 Å². The number of hydrogen-bond acceptors (Lipinski definition) is 3. The first kappa shape index (κ1) is 21.3. The molecule has 1 aromatic rings. The zero-order valence-corrected chi connectivity index (χ0v) is 18.0. The molecule has 2 N–H and O–H groups in total. The minimum absolute atomic E-state index is 0.0963. The van der Waals surface area contributed by atoms with E-state index in [1.807, 2.05) is 25.3 Å². The van der Waals surface area contributed by atoms with Gasteiger partial charge in [0, 0.05) is 19.2 Å². The summed E-state index contributed by atoms with van der Waals surface area (Å²) in [5.41, 5.74) is 7.59. The van der Waals surface area contributed by atoms with Crippen molar-refractivity contribution in [3.63, 3.8) is 0 Å². The number of likely N-dealkylation sites (tertiary alicyclic amines) is 1. The molecule has 2 fully saturated rings. The maximum Gasteiger partial charge on any atom is 0.248 e. The van der Waals surface area contributed by atoms with Crippen LogP contribution in [0.15, 0.2) is 24.3 Å². The topological polar surface area (TPSA) is 55.6 Å². The Morgan fingerprint density at radius 1 is 1.25 bits per heavy atom. The number of benzene rings is 1. The predicted molar refractivity (Wildman–Crippen MR) is 115 cm³/mol. The molecule has 4 heteroatoms. The molecule has 0 unspecified atom stereocenters. The molecule has 1 amide bonds. The second-order valence-corrected chi connectivity index (χ2v) is 9.37. The smallest absolute Gasteiger partial charge is 0.248 e. The maximum atomic E-state index is 11.6. The summed E-state index contributed by atoms with van der Waals surface area (Å²) in [6.45, 7) is 8.07. The zero-order chi connectivity index (χ0) is 20.2. The number of piperidine rings is 1. The summed E-state index contributed by atoms with van der Waals surface area (Å²) in [4.78, 5) is 14.2. The standard InChI is InChI=1S/C24H38N2O2/c1-19-18-26(15-8-13-24(28-3)11-5-4-6-12-24)16-14-23(19,2)21-10-7-9-20(17-21)22(25)27/h7,9-10,17,19H,4-6,8,11-16,18H2,1-3H3,(H2,25,27)/t19-,23-/m0/s1. The molecule has 1 saturated carbocycles. The summed E-state index contributed by atoms with van der Waals surface area (Å²) in [7, 11) is 1.90. The van der Waals surface area contributed by atoms with Crippen LogP contribution in [0.2, 0.25) is 0 Å². The van der Waals surface area contributed by atoms with Crippen LogP contribution in [0.1, 0.15) is 81.1 Å². The molecule has 1 heterocycles. The quantitative estimate of drug-likeness (QED) is 0.750. The molecule has 2 aliphatic rings. The van der Waals surface area contributed by atoms with Crippen molar-refractivity contribution in [2.45, 2.75) is 76.2 Å². The van der Waals surface area contributed by atoms with Gasteiger partial charge in [0.1, 0.15) is 0 Å². The lowest BCUT2D eigenvalue weighted by Gasteiger charge is -2.45. The Kier molecular flexibility index (Phi) is 6.82. The monoisotopic (exact) mass is 386 g/mol. The van der Waals surface area contributed by atoms with Gasteiger partial charge in [0.15, 0.2) is 0 Å². The highest BCUT2D eigenvalue weighted by molar-refractivity contribution is 5.92. The molecule has 1 aliphatic heterocycles. The Hall–Kier alpha value is -1.39. The second-order valence-electron chi connectivity index (χ2n) is 9.37. The summed E-state index contributed by atoms with van der Waals surface area (Å²) in [5, 5.41) is 0. The lowest BCUT2D eigenvalue weighted by molar-refractivity contribution is -0.0487. The van der Waals surface area contributed by atoms with Gasteiger partial charge in [-0.05, 0) is 74.2 Å². The number of nitrogens with zero attached hydrogens (tertiary/aromatic N) is 1. The van der Waals surface area contributed by atoms with Crippen molar-refractivity contribution in [2.75, 3.05) is 26.7 Å². The second kappa shape index (κ2) is 8.96. The highest BCUT2D eigenvalue weighted by Gasteiger charge is 2.38. The van der Waals surface area contributed by atoms with Gasteiger partial charge in [-0.1, -0.05) is 45.2 Å². The van der Waals surface area contributed by atoms with E-state index < -0.39 is 0 Å². The van der Waals surface area contributed by atoms with Crippen LogP contribution in [0.5, 0.6) is 0 Å². The molecule has 1 saturated heterocycles. The summed E-state index contributed by atoms with van der Waals surface area (Å²) in [6.07, 6.45) is 9.98. The van der Waals surface area contributed by atoms with Gasteiger partial charge < -0.3 is 15.4 Å². The summed E-state index contributed by atoms with van der Waals surface area (Å²) >= 11 is 0. The van der Waals surface area contributed by atoms with Gasteiger partial charge >= 0.3 is 0 Å². The van der Waals surface area contributed by atoms with Crippen molar-refractivity contribution in [3.05, 3.63) is 35.4 Å². The first-order valence-corrected chi connectivity index (χ1v) is 11.1. The molecule has 4 nitrogen and oxygen atoms in total. The number of methoxy groups -OCH3 is 1. The predicted octanol–water partition coefficient (Wildman–Crippen LogP) is 4.51. The van der Waals surface area contributed by atoms with Crippen molar-refractivity contribution >= 4 is 5.91 Å². The Labute approximate surface area is 170 Å². The van der Waals surface area contributed by atoms with Crippen molar-refractivity contribution in [1.29, 1.82) is 0 Å².